The minimum absolute atomic E-state index is 0.224. The first-order chi connectivity index (χ1) is 25.5. The minimum atomic E-state index is -1.40. The first kappa shape index (κ1) is 33.8. The second kappa shape index (κ2) is 15.5. The zero-order valence-corrected chi connectivity index (χ0v) is 27.7. The summed E-state index contributed by atoms with van der Waals surface area (Å²) in [4.78, 5) is 59.0. The lowest BCUT2D eigenvalue weighted by molar-refractivity contribution is -0.0632. The number of aromatic nitrogens is 2. The lowest BCUT2D eigenvalue weighted by Crippen LogP contribution is -2.42. The van der Waals surface area contributed by atoms with Crippen LogP contribution >= 0.6 is 0 Å². The number of ether oxygens (including phenoxy) is 4. The Labute approximate surface area is 298 Å². The molecule has 1 aliphatic rings. The van der Waals surface area contributed by atoms with E-state index in [9.17, 15) is 19.2 Å². The molecule has 4 atom stereocenters. The number of benzene rings is 5. The molecular weight excluding hydrogens is 660 g/mol. The van der Waals surface area contributed by atoms with Crippen LogP contribution in [-0.4, -0.2) is 52.4 Å². The Morgan fingerprint density at radius 1 is 0.577 bits per heavy atom. The maximum absolute atomic E-state index is 14.2. The summed E-state index contributed by atoms with van der Waals surface area (Å²) in [6.07, 6.45) is -5.28. The fraction of sp³-hybridized carbons (Fsp3) is 0.119. The van der Waals surface area contributed by atoms with Gasteiger partial charge in [0.15, 0.2) is 18.4 Å². The summed E-state index contributed by atoms with van der Waals surface area (Å²) in [7, 11) is 0. The average Bonchev–Trinajstić information content (AvgIpc) is 3.53. The second-order valence-electron chi connectivity index (χ2n) is 11.9. The molecule has 5 aromatic carbocycles. The number of esters is 3. The van der Waals surface area contributed by atoms with E-state index in [0.717, 1.165) is 0 Å². The van der Waals surface area contributed by atoms with Crippen molar-refractivity contribution in [3.63, 3.8) is 0 Å². The van der Waals surface area contributed by atoms with Crippen molar-refractivity contribution in [1.82, 2.24) is 9.55 Å². The summed E-state index contributed by atoms with van der Waals surface area (Å²) in [5.41, 5.74) is 2.22. The van der Waals surface area contributed by atoms with Crippen molar-refractivity contribution < 1.29 is 33.3 Å². The van der Waals surface area contributed by atoms with Gasteiger partial charge in [0.1, 0.15) is 12.7 Å². The maximum atomic E-state index is 14.2. The highest BCUT2D eigenvalue weighted by atomic mass is 16.7. The number of rotatable bonds is 10. The van der Waals surface area contributed by atoms with Crippen molar-refractivity contribution in [2.45, 2.75) is 24.5 Å². The van der Waals surface area contributed by atoms with Gasteiger partial charge >= 0.3 is 23.6 Å². The van der Waals surface area contributed by atoms with Crippen LogP contribution in [0.2, 0.25) is 0 Å². The molecule has 0 unspecified atom stereocenters. The third-order valence-corrected chi connectivity index (χ3v) is 8.53. The molecule has 1 aromatic heterocycles. The first-order valence-electron chi connectivity index (χ1n) is 16.6. The van der Waals surface area contributed by atoms with Crippen LogP contribution in [0.1, 0.15) is 37.3 Å². The Balaban J connectivity index is 1.34. The largest absolute Gasteiger partial charge is 0.459 e. The number of carbonyl (C=O) groups excluding carboxylic acids is 3. The molecule has 7 rings (SSSR count). The molecule has 1 fully saturated rings. The highest BCUT2D eigenvalue weighted by Gasteiger charge is 2.52. The van der Waals surface area contributed by atoms with Crippen LogP contribution in [0, 0.1) is 0 Å². The zero-order chi connectivity index (χ0) is 35.9. The number of hydrogen-bond acceptors (Lipinski definition) is 9. The van der Waals surface area contributed by atoms with Crippen LogP contribution in [-0.2, 0) is 18.9 Å². The van der Waals surface area contributed by atoms with E-state index in [2.05, 4.69) is 4.98 Å². The van der Waals surface area contributed by atoms with E-state index in [1.54, 1.807) is 97.1 Å². The molecule has 258 valence electrons. The van der Waals surface area contributed by atoms with Gasteiger partial charge in [0.2, 0.25) is 0 Å². The van der Waals surface area contributed by atoms with Gasteiger partial charge < -0.3 is 18.9 Å². The fourth-order valence-electron chi connectivity index (χ4n) is 5.99. The van der Waals surface area contributed by atoms with Crippen LogP contribution < -0.4 is 5.69 Å². The van der Waals surface area contributed by atoms with Crippen molar-refractivity contribution >= 4 is 17.9 Å². The van der Waals surface area contributed by atoms with Gasteiger partial charge in [0, 0.05) is 5.56 Å². The van der Waals surface area contributed by atoms with Crippen molar-refractivity contribution in [2.24, 2.45) is 0 Å². The Morgan fingerprint density at radius 2 is 1.02 bits per heavy atom. The minimum Gasteiger partial charge on any atom is -0.459 e. The molecule has 1 aliphatic heterocycles. The average molecular weight is 693 g/mol. The molecule has 10 nitrogen and oxygen atoms in total. The molecule has 2 heterocycles. The summed E-state index contributed by atoms with van der Waals surface area (Å²) >= 11 is 0. The van der Waals surface area contributed by atoms with E-state index in [1.807, 2.05) is 60.7 Å². The van der Waals surface area contributed by atoms with Gasteiger partial charge in [-0.3, -0.25) is 4.57 Å². The van der Waals surface area contributed by atoms with Gasteiger partial charge in [-0.15, -0.1) is 0 Å². The molecule has 0 N–H and O–H groups in total. The standard InChI is InChI=1S/C42H32N2O8/c45-39(30-20-10-3-11-21-30)49-27-35-36(51-40(46)31-22-12-4-13-23-31)37(52-41(47)32-24-14-5-15-25-32)38(50-35)44-34(29-18-8-2-9-19-29)26-33(43-42(44)48)28-16-6-1-7-17-28/h1-26,35-38H,27H2/t35-,36-,37-,38-/m1/s1. The van der Waals surface area contributed by atoms with Gasteiger partial charge in [0.05, 0.1) is 28.1 Å². The predicted octanol–water partition coefficient (Wildman–Crippen LogP) is 6.78. The summed E-state index contributed by atoms with van der Waals surface area (Å²) in [5.74, 6) is -2.12. The summed E-state index contributed by atoms with van der Waals surface area (Å²) in [6, 6.07) is 45.1. The SMILES string of the molecule is O=C(OC[C@H]1O[C@@H](n2c(-c3ccccc3)cc(-c3ccccc3)nc2=O)[C@H](OC(=O)c2ccccc2)[C@@H]1OC(=O)c1ccccc1)c1ccccc1. The van der Waals surface area contributed by atoms with E-state index in [-0.39, 0.29) is 11.1 Å². The summed E-state index contributed by atoms with van der Waals surface area (Å²) in [5, 5.41) is 0. The molecule has 10 heteroatoms. The molecule has 6 aromatic rings. The summed E-state index contributed by atoms with van der Waals surface area (Å²) < 4.78 is 25.7. The normalized spacial score (nSPS) is 17.9. The topological polar surface area (TPSA) is 123 Å². The van der Waals surface area contributed by atoms with Crippen LogP contribution in [0.4, 0.5) is 0 Å². The lowest BCUT2D eigenvalue weighted by atomic mass is 10.1. The molecule has 0 radical (unpaired) electrons. The van der Waals surface area contributed by atoms with E-state index in [1.165, 1.54) is 4.57 Å². The molecule has 0 spiro atoms. The van der Waals surface area contributed by atoms with Crippen LogP contribution in [0.15, 0.2) is 163 Å². The van der Waals surface area contributed by atoms with Gasteiger partial charge in [-0.2, -0.15) is 4.98 Å². The van der Waals surface area contributed by atoms with E-state index in [4.69, 9.17) is 18.9 Å². The molecule has 0 aliphatic carbocycles. The van der Waals surface area contributed by atoms with Crippen LogP contribution in [0.3, 0.4) is 0 Å². The third-order valence-electron chi connectivity index (χ3n) is 8.53. The first-order valence-corrected chi connectivity index (χ1v) is 16.6. The monoisotopic (exact) mass is 692 g/mol. The Kier molecular flexibility index (Phi) is 10.1. The Bertz CT molecular complexity index is 2210. The zero-order valence-electron chi connectivity index (χ0n) is 27.7. The van der Waals surface area contributed by atoms with E-state index in [0.29, 0.717) is 28.1 Å². The van der Waals surface area contributed by atoms with Crippen molar-refractivity contribution in [2.75, 3.05) is 6.61 Å². The number of hydrogen-bond donors (Lipinski definition) is 0. The second-order valence-corrected chi connectivity index (χ2v) is 11.9. The highest BCUT2D eigenvalue weighted by molar-refractivity contribution is 5.91. The van der Waals surface area contributed by atoms with Crippen molar-refractivity contribution in [3.8, 4) is 22.5 Å². The molecule has 1 saturated heterocycles. The van der Waals surface area contributed by atoms with Crippen molar-refractivity contribution in [1.29, 1.82) is 0 Å². The Morgan fingerprint density at radius 3 is 1.54 bits per heavy atom. The van der Waals surface area contributed by atoms with Crippen LogP contribution in [0.25, 0.3) is 22.5 Å². The fourth-order valence-corrected chi connectivity index (χ4v) is 5.99. The molecule has 52 heavy (non-hydrogen) atoms. The number of nitrogens with zero attached hydrogens (tertiary/aromatic N) is 2. The highest BCUT2D eigenvalue weighted by Crippen LogP contribution is 2.37. The quantitative estimate of drug-likeness (QED) is 0.113. The van der Waals surface area contributed by atoms with Crippen LogP contribution in [0.5, 0.6) is 0 Å². The maximum Gasteiger partial charge on any atom is 0.350 e. The van der Waals surface area contributed by atoms with Gasteiger partial charge in [-0.05, 0) is 48.0 Å². The van der Waals surface area contributed by atoms with E-state index < -0.39 is 54.7 Å². The lowest BCUT2D eigenvalue weighted by Gasteiger charge is -2.26. The van der Waals surface area contributed by atoms with Crippen molar-refractivity contribution in [3.05, 3.63) is 185 Å². The Hall–Kier alpha value is -6.65. The van der Waals surface area contributed by atoms with Gasteiger partial charge in [-0.25, -0.2) is 19.2 Å². The smallest absolute Gasteiger partial charge is 0.350 e. The predicted molar refractivity (Wildman–Crippen MR) is 191 cm³/mol. The molecule has 0 bridgehead atoms. The number of carbonyl (C=O) groups is 3. The van der Waals surface area contributed by atoms with Gasteiger partial charge in [-0.1, -0.05) is 115 Å². The molecule has 0 amide bonds. The van der Waals surface area contributed by atoms with Gasteiger partial charge in [0.25, 0.3) is 0 Å². The molecular formula is C42H32N2O8. The third kappa shape index (κ3) is 7.42. The molecule has 0 saturated carbocycles. The van der Waals surface area contributed by atoms with E-state index >= 15 is 0 Å². The summed E-state index contributed by atoms with van der Waals surface area (Å²) in [6.45, 7) is -0.401.